The molecule has 0 unspecified atom stereocenters. The quantitative estimate of drug-likeness (QED) is 0.914. The molecule has 0 atom stereocenters. The van der Waals surface area contributed by atoms with E-state index in [4.69, 9.17) is 4.74 Å². The topological polar surface area (TPSA) is 34.1 Å². The Hall–Kier alpha value is -2.10. The van der Waals surface area contributed by atoms with Gasteiger partial charge in [-0.05, 0) is 44.5 Å². The number of hydrogen-bond acceptors (Lipinski definition) is 3. The maximum atomic E-state index is 12.8. The zero-order valence-corrected chi connectivity index (χ0v) is 12.0. The molecular formula is C16H19FN2O. The lowest BCUT2D eigenvalue weighted by Gasteiger charge is -2.21. The van der Waals surface area contributed by atoms with Gasteiger partial charge in [-0.1, -0.05) is 12.1 Å². The maximum absolute atomic E-state index is 12.8. The monoisotopic (exact) mass is 274 g/mol. The molecule has 106 valence electrons. The van der Waals surface area contributed by atoms with E-state index in [-0.39, 0.29) is 11.4 Å². The van der Waals surface area contributed by atoms with Gasteiger partial charge in [0.15, 0.2) is 0 Å². The number of rotatable bonds is 4. The summed E-state index contributed by atoms with van der Waals surface area (Å²) in [7, 11) is 0. The molecule has 1 aromatic heterocycles. The SMILES string of the molecule is CC(C)(C)Nc1cc(OCc2ccc(F)cc2)ccn1. The van der Waals surface area contributed by atoms with Crippen LogP contribution in [0.3, 0.4) is 0 Å². The fraction of sp³-hybridized carbons (Fsp3) is 0.312. The summed E-state index contributed by atoms with van der Waals surface area (Å²) in [4.78, 5) is 4.25. The fourth-order valence-corrected chi connectivity index (χ4v) is 1.70. The second-order valence-corrected chi connectivity index (χ2v) is 5.67. The van der Waals surface area contributed by atoms with Gasteiger partial charge in [0.1, 0.15) is 24.0 Å². The van der Waals surface area contributed by atoms with Crippen molar-refractivity contribution in [2.24, 2.45) is 0 Å². The molecule has 2 rings (SSSR count). The highest BCUT2D eigenvalue weighted by Gasteiger charge is 2.10. The van der Waals surface area contributed by atoms with Gasteiger partial charge in [-0.3, -0.25) is 0 Å². The van der Waals surface area contributed by atoms with E-state index >= 15 is 0 Å². The Balaban J connectivity index is 1.99. The number of nitrogens with zero attached hydrogens (tertiary/aromatic N) is 1. The van der Waals surface area contributed by atoms with Crippen molar-refractivity contribution >= 4 is 5.82 Å². The third kappa shape index (κ3) is 4.53. The largest absolute Gasteiger partial charge is 0.489 e. The fourth-order valence-electron chi connectivity index (χ4n) is 1.70. The van der Waals surface area contributed by atoms with E-state index in [2.05, 4.69) is 31.1 Å². The minimum atomic E-state index is -0.241. The number of benzene rings is 1. The van der Waals surface area contributed by atoms with Crippen molar-refractivity contribution < 1.29 is 9.13 Å². The smallest absolute Gasteiger partial charge is 0.129 e. The van der Waals surface area contributed by atoms with Crippen LogP contribution in [0.15, 0.2) is 42.6 Å². The second kappa shape index (κ2) is 5.90. The van der Waals surface area contributed by atoms with Crippen LogP contribution < -0.4 is 10.1 Å². The van der Waals surface area contributed by atoms with Gasteiger partial charge in [0.05, 0.1) is 0 Å². The van der Waals surface area contributed by atoms with Gasteiger partial charge < -0.3 is 10.1 Å². The lowest BCUT2D eigenvalue weighted by atomic mass is 10.1. The first-order valence-corrected chi connectivity index (χ1v) is 6.54. The number of nitrogens with one attached hydrogen (secondary N) is 1. The molecule has 3 nitrogen and oxygen atoms in total. The van der Waals surface area contributed by atoms with Crippen LogP contribution in [0.25, 0.3) is 0 Å². The summed E-state index contributed by atoms with van der Waals surface area (Å²) < 4.78 is 18.5. The zero-order chi connectivity index (χ0) is 14.6. The van der Waals surface area contributed by atoms with Crippen LogP contribution in [0.2, 0.25) is 0 Å². The Morgan fingerprint density at radius 1 is 1.15 bits per heavy atom. The van der Waals surface area contributed by atoms with Gasteiger partial charge in [-0.15, -0.1) is 0 Å². The van der Waals surface area contributed by atoms with Crippen LogP contribution in [0.1, 0.15) is 26.3 Å². The second-order valence-electron chi connectivity index (χ2n) is 5.67. The molecule has 4 heteroatoms. The van der Waals surface area contributed by atoms with Crippen molar-refractivity contribution in [1.82, 2.24) is 4.98 Å². The van der Waals surface area contributed by atoms with Gasteiger partial charge in [0, 0.05) is 17.8 Å². The van der Waals surface area contributed by atoms with Gasteiger partial charge in [0.25, 0.3) is 0 Å². The number of halogens is 1. The molecule has 0 spiro atoms. The molecular weight excluding hydrogens is 255 g/mol. The van der Waals surface area contributed by atoms with Crippen LogP contribution in [-0.4, -0.2) is 10.5 Å². The van der Waals surface area contributed by atoms with Crippen molar-refractivity contribution in [3.63, 3.8) is 0 Å². The summed E-state index contributed by atoms with van der Waals surface area (Å²) in [5, 5.41) is 3.29. The Morgan fingerprint density at radius 2 is 1.85 bits per heavy atom. The molecule has 0 saturated carbocycles. The van der Waals surface area contributed by atoms with Crippen molar-refractivity contribution in [3.05, 3.63) is 54.0 Å². The molecule has 1 N–H and O–H groups in total. The number of anilines is 1. The highest BCUT2D eigenvalue weighted by atomic mass is 19.1. The Labute approximate surface area is 118 Å². The van der Waals surface area contributed by atoms with Crippen LogP contribution in [0, 0.1) is 5.82 Å². The molecule has 20 heavy (non-hydrogen) atoms. The average molecular weight is 274 g/mol. The van der Waals surface area contributed by atoms with Crippen LogP contribution in [-0.2, 0) is 6.61 Å². The maximum Gasteiger partial charge on any atom is 0.129 e. The molecule has 2 aromatic rings. The number of pyridine rings is 1. The molecule has 1 heterocycles. The first kappa shape index (κ1) is 14.3. The van der Waals surface area contributed by atoms with Crippen molar-refractivity contribution in [2.75, 3.05) is 5.32 Å². The molecule has 0 saturated heterocycles. The van der Waals surface area contributed by atoms with Crippen molar-refractivity contribution in [1.29, 1.82) is 0 Å². The minimum absolute atomic E-state index is 0.0530. The summed E-state index contributed by atoms with van der Waals surface area (Å²) >= 11 is 0. The highest BCUT2D eigenvalue weighted by molar-refractivity contribution is 5.42. The standard InChI is InChI=1S/C16H19FN2O/c1-16(2,3)19-15-10-14(8-9-18-15)20-11-12-4-6-13(17)7-5-12/h4-10H,11H2,1-3H3,(H,18,19). The predicted octanol–water partition coefficient (Wildman–Crippen LogP) is 4.01. The van der Waals surface area contributed by atoms with Crippen molar-refractivity contribution in [2.45, 2.75) is 32.9 Å². The van der Waals surface area contributed by atoms with E-state index in [0.717, 1.165) is 17.1 Å². The predicted molar refractivity (Wildman–Crippen MR) is 78.3 cm³/mol. The van der Waals surface area contributed by atoms with E-state index in [0.29, 0.717) is 6.61 Å². The van der Waals surface area contributed by atoms with E-state index in [1.165, 1.54) is 12.1 Å². The molecule has 0 radical (unpaired) electrons. The Morgan fingerprint density at radius 3 is 2.50 bits per heavy atom. The number of ether oxygens (including phenoxy) is 1. The van der Waals surface area contributed by atoms with E-state index in [1.54, 1.807) is 24.4 Å². The Kier molecular flexibility index (Phi) is 4.23. The van der Waals surface area contributed by atoms with Gasteiger partial charge in [-0.25, -0.2) is 9.37 Å². The van der Waals surface area contributed by atoms with E-state index < -0.39 is 0 Å². The third-order valence-corrected chi connectivity index (χ3v) is 2.55. The first-order chi connectivity index (χ1) is 9.42. The molecule has 1 aromatic carbocycles. The van der Waals surface area contributed by atoms with Gasteiger partial charge in [-0.2, -0.15) is 0 Å². The summed E-state index contributed by atoms with van der Waals surface area (Å²) in [6.45, 7) is 6.61. The Bertz CT molecular complexity index is 561. The summed E-state index contributed by atoms with van der Waals surface area (Å²) in [6, 6.07) is 9.94. The van der Waals surface area contributed by atoms with Gasteiger partial charge in [0.2, 0.25) is 0 Å². The highest BCUT2D eigenvalue weighted by Crippen LogP contribution is 2.19. The normalized spacial score (nSPS) is 11.2. The third-order valence-electron chi connectivity index (χ3n) is 2.55. The van der Waals surface area contributed by atoms with Gasteiger partial charge >= 0.3 is 0 Å². The molecule has 0 amide bonds. The summed E-state index contributed by atoms with van der Waals surface area (Å²) in [5.41, 5.74) is 0.872. The average Bonchev–Trinajstić information content (AvgIpc) is 2.36. The minimum Gasteiger partial charge on any atom is -0.489 e. The molecule has 0 bridgehead atoms. The summed E-state index contributed by atoms with van der Waals surface area (Å²) in [5.74, 6) is 1.26. The van der Waals surface area contributed by atoms with Crippen molar-refractivity contribution in [3.8, 4) is 5.75 Å². The van der Waals surface area contributed by atoms with E-state index in [1.807, 2.05) is 6.07 Å². The van der Waals surface area contributed by atoms with Crippen LogP contribution in [0.5, 0.6) is 5.75 Å². The molecule has 0 aliphatic carbocycles. The molecule has 0 aliphatic heterocycles. The lowest BCUT2D eigenvalue weighted by molar-refractivity contribution is 0.306. The van der Waals surface area contributed by atoms with Crippen LogP contribution in [0.4, 0.5) is 10.2 Å². The summed E-state index contributed by atoms with van der Waals surface area (Å²) in [6.07, 6.45) is 1.70. The first-order valence-electron chi connectivity index (χ1n) is 6.54. The number of aromatic nitrogens is 1. The zero-order valence-electron chi connectivity index (χ0n) is 12.0. The molecule has 0 aliphatic rings. The van der Waals surface area contributed by atoms with E-state index in [9.17, 15) is 4.39 Å². The number of hydrogen-bond donors (Lipinski definition) is 1. The van der Waals surface area contributed by atoms with Crippen LogP contribution >= 0.6 is 0 Å². The lowest BCUT2D eigenvalue weighted by Crippen LogP contribution is -2.26. The molecule has 0 fully saturated rings.